The lowest BCUT2D eigenvalue weighted by molar-refractivity contribution is -0.121. The molecular weight excluding hydrogens is 137 g/mol. The molecule has 0 saturated heterocycles. The van der Waals surface area contributed by atoms with Crippen molar-refractivity contribution in [2.75, 3.05) is 26.9 Å². The average Bonchev–Trinajstić information content (AvgIpc) is 1.89. The minimum Gasteiger partial charge on any atom is -0.383 e. The fourth-order valence-corrected chi connectivity index (χ4v) is 0.467. The summed E-state index contributed by atoms with van der Waals surface area (Å²) in [6.45, 7) is 0.326. The van der Waals surface area contributed by atoms with E-state index in [2.05, 4.69) is 10.1 Å². The number of alkyl halides is 1. The van der Waals surface area contributed by atoms with Crippen LogP contribution >= 0.6 is 0 Å². The van der Waals surface area contributed by atoms with Crippen molar-refractivity contribution in [1.29, 1.82) is 0 Å². The third kappa shape index (κ3) is 5.50. The molecule has 1 amide bonds. The molecular formula is C6H12FNO2. The Hall–Kier alpha value is -0.640. The second-order valence-corrected chi connectivity index (χ2v) is 1.78. The van der Waals surface area contributed by atoms with E-state index in [0.29, 0.717) is 13.2 Å². The molecule has 0 spiro atoms. The monoisotopic (exact) mass is 149 g/mol. The normalized spacial score (nSPS) is 9.40. The van der Waals surface area contributed by atoms with Crippen LogP contribution < -0.4 is 5.32 Å². The van der Waals surface area contributed by atoms with Crippen LogP contribution in [-0.4, -0.2) is 32.8 Å². The van der Waals surface area contributed by atoms with Crippen molar-refractivity contribution < 1.29 is 13.9 Å². The highest BCUT2D eigenvalue weighted by molar-refractivity contribution is 5.75. The van der Waals surface area contributed by atoms with Gasteiger partial charge in [-0.2, -0.15) is 0 Å². The first-order valence-corrected chi connectivity index (χ1v) is 3.13. The van der Waals surface area contributed by atoms with E-state index < -0.39 is 6.67 Å². The first-order chi connectivity index (χ1) is 4.81. The number of ether oxygens (including phenoxy) is 1. The molecule has 0 aliphatic rings. The summed E-state index contributed by atoms with van der Waals surface area (Å²) in [5.41, 5.74) is 0. The lowest BCUT2D eigenvalue weighted by Gasteiger charge is -2.00. The van der Waals surface area contributed by atoms with E-state index in [-0.39, 0.29) is 12.3 Å². The zero-order chi connectivity index (χ0) is 7.82. The van der Waals surface area contributed by atoms with E-state index >= 15 is 0 Å². The van der Waals surface area contributed by atoms with Gasteiger partial charge in [-0.1, -0.05) is 0 Å². The summed E-state index contributed by atoms with van der Waals surface area (Å²) >= 11 is 0. The van der Waals surface area contributed by atoms with Gasteiger partial charge in [0.15, 0.2) is 0 Å². The van der Waals surface area contributed by atoms with Crippen LogP contribution in [0, 0.1) is 0 Å². The lowest BCUT2D eigenvalue weighted by Crippen LogP contribution is -2.26. The summed E-state index contributed by atoms with van der Waals surface area (Å²) in [6, 6.07) is 0. The van der Waals surface area contributed by atoms with E-state index in [0.717, 1.165) is 0 Å². The summed E-state index contributed by atoms with van der Waals surface area (Å²) in [5, 5.41) is 2.48. The molecule has 0 saturated carbocycles. The Morgan fingerprint density at radius 1 is 1.70 bits per heavy atom. The minimum absolute atomic E-state index is 0.0519. The van der Waals surface area contributed by atoms with E-state index in [4.69, 9.17) is 0 Å². The summed E-state index contributed by atoms with van der Waals surface area (Å²) in [7, 11) is 1.54. The Morgan fingerprint density at radius 2 is 2.40 bits per heavy atom. The molecule has 0 unspecified atom stereocenters. The van der Waals surface area contributed by atoms with Crippen LogP contribution in [0.15, 0.2) is 0 Å². The van der Waals surface area contributed by atoms with Crippen molar-refractivity contribution in [2.45, 2.75) is 6.42 Å². The topological polar surface area (TPSA) is 38.3 Å². The van der Waals surface area contributed by atoms with Gasteiger partial charge in [0.2, 0.25) is 5.91 Å². The van der Waals surface area contributed by atoms with Gasteiger partial charge in [-0.15, -0.1) is 0 Å². The van der Waals surface area contributed by atoms with Gasteiger partial charge in [-0.05, 0) is 0 Å². The summed E-state index contributed by atoms with van der Waals surface area (Å²) in [4.78, 5) is 10.5. The molecule has 0 heterocycles. The molecule has 0 bridgehead atoms. The molecule has 0 aromatic rings. The highest BCUT2D eigenvalue weighted by Crippen LogP contribution is 1.79. The molecule has 4 heteroatoms. The molecule has 10 heavy (non-hydrogen) atoms. The third-order valence-electron chi connectivity index (χ3n) is 0.950. The van der Waals surface area contributed by atoms with E-state index in [9.17, 15) is 9.18 Å². The number of hydrogen-bond donors (Lipinski definition) is 1. The smallest absolute Gasteiger partial charge is 0.222 e. The van der Waals surface area contributed by atoms with Crippen molar-refractivity contribution >= 4 is 5.91 Å². The fraction of sp³-hybridized carbons (Fsp3) is 0.833. The maximum Gasteiger partial charge on any atom is 0.222 e. The van der Waals surface area contributed by atoms with Gasteiger partial charge in [0.25, 0.3) is 0 Å². The summed E-state index contributed by atoms with van der Waals surface area (Å²) < 4.78 is 16.1. The molecule has 60 valence electrons. The molecule has 0 aliphatic heterocycles. The Balaban J connectivity index is 3.05. The van der Waals surface area contributed by atoms with Crippen molar-refractivity contribution in [3.63, 3.8) is 0 Å². The number of amides is 1. The second kappa shape index (κ2) is 6.48. The zero-order valence-electron chi connectivity index (χ0n) is 6.02. The molecule has 0 aromatic carbocycles. The predicted molar refractivity (Wildman–Crippen MR) is 35.5 cm³/mol. The number of methoxy groups -OCH3 is 1. The van der Waals surface area contributed by atoms with Crippen molar-refractivity contribution in [3.05, 3.63) is 0 Å². The molecule has 0 aromatic heterocycles. The van der Waals surface area contributed by atoms with Gasteiger partial charge >= 0.3 is 0 Å². The van der Waals surface area contributed by atoms with Crippen LogP contribution in [0.1, 0.15) is 6.42 Å². The van der Waals surface area contributed by atoms with Gasteiger partial charge < -0.3 is 10.1 Å². The molecule has 0 rings (SSSR count). The lowest BCUT2D eigenvalue weighted by atomic mass is 10.4. The average molecular weight is 149 g/mol. The Bertz CT molecular complexity index is 97.7. The van der Waals surface area contributed by atoms with Gasteiger partial charge in [-0.25, -0.2) is 0 Å². The van der Waals surface area contributed by atoms with E-state index in [1.54, 1.807) is 7.11 Å². The molecule has 0 aliphatic carbocycles. The maximum atomic E-state index is 11.5. The standard InChI is InChI=1S/C6H12FNO2/c1-10-5-4-8-6(9)2-3-7/h2-5H2,1H3,(H,8,9). The first kappa shape index (κ1) is 9.36. The largest absolute Gasteiger partial charge is 0.383 e. The van der Waals surface area contributed by atoms with E-state index in [1.165, 1.54) is 0 Å². The highest BCUT2D eigenvalue weighted by atomic mass is 19.1. The second-order valence-electron chi connectivity index (χ2n) is 1.78. The Morgan fingerprint density at radius 3 is 2.90 bits per heavy atom. The van der Waals surface area contributed by atoms with Gasteiger partial charge in [0.05, 0.1) is 19.7 Å². The van der Waals surface area contributed by atoms with Crippen molar-refractivity contribution in [1.82, 2.24) is 5.32 Å². The molecule has 0 radical (unpaired) electrons. The first-order valence-electron chi connectivity index (χ1n) is 3.13. The van der Waals surface area contributed by atoms with Crippen LogP contribution in [0.2, 0.25) is 0 Å². The fourth-order valence-electron chi connectivity index (χ4n) is 0.467. The molecule has 1 N–H and O–H groups in total. The van der Waals surface area contributed by atoms with Crippen molar-refractivity contribution in [2.24, 2.45) is 0 Å². The van der Waals surface area contributed by atoms with Crippen LogP contribution in [-0.2, 0) is 9.53 Å². The molecule has 0 fully saturated rings. The number of hydrogen-bond acceptors (Lipinski definition) is 2. The number of nitrogens with one attached hydrogen (secondary N) is 1. The quantitative estimate of drug-likeness (QED) is 0.563. The third-order valence-corrected chi connectivity index (χ3v) is 0.950. The SMILES string of the molecule is COCCNC(=O)CCF. The van der Waals surface area contributed by atoms with Crippen LogP contribution in [0.3, 0.4) is 0 Å². The minimum atomic E-state index is -0.598. The summed E-state index contributed by atoms with van der Waals surface area (Å²) in [6.07, 6.45) is -0.0519. The van der Waals surface area contributed by atoms with Gasteiger partial charge in [-0.3, -0.25) is 9.18 Å². The molecule has 0 atom stereocenters. The maximum absolute atomic E-state index is 11.5. The molecule has 3 nitrogen and oxygen atoms in total. The number of halogens is 1. The summed E-state index contributed by atoms with van der Waals surface area (Å²) in [5.74, 6) is -0.264. The highest BCUT2D eigenvalue weighted by Gasteiger charge is 1.97. The van der Waals surface area contributed by atoms with Crippen molar-refractivity contribution in [3.8, 4) is 0 Å². The Labute approximate surface area is 59.6 Å². The van der Waals surface area contributed by atoms with Gasteiger partial charge in [0.1, 0.15) is 0 Å². The van der Waals surface area contributed by atoms with Crippen LogP contribution in [0.25, 0.3) is 0 Å². The van der Waals surface area contributed by atoms with Crippen LogP contribution in [0.5, 0.6) is 0 Å². The number of rotatable bonds is 5. The van der Waals surface area contributed by atoms with Gasteiger partial charge in [0, 0.05) is 13.7 Å². The van der Waals surface area contributed by atoms with E-state index in [1.807, 2.05) is 0 Å². The number of carbonyl (C=O) groups excluding carboxylic acids is 1. The van der Waals surface area contributed by atoms with Crippen LogP contribution in [0.4, 0.5) is 4.39 Å². The Kier molecular flexibility index (Phi) is 6.06. The zero-order valence-corrected chi connectivity index (χ0v) is 6.02. The number of carbonyl (C=O) groups is 1. The predicted octanol–water partition coefficient (Wildman–Crippen LogP) is 0.109.